The zero-order valence-corrected chi connectivity index (χ0v) is 12.5. The maximum absolute atomic E-state index is 12.0. The van der Waals surface area contributed by atoms with E-state index in [2.05, 4.69) is 5.32 Å². The van der Waals surface area contributed by atoms with E-state index >= 15 is 0 Å². The van der Waals surface area contributed by atoms with E-state index in [0.29, 0.717) is 12.2 Å². The number of ether oxygens (including phenoxy) is 2. The molecule has 1 amide bonds. The van der Waals surface area contributed by atoms with Crippen LogP contribution < -0.4 is 14.8 Å². The van der Waals surface area contributed by atoms with Crippen molar-refractivity contribution >= 4 is 5.91 Å². The van der Waals surface area contributed by atoms with Gasteiger partial charge in [-0.15, -0.1) is 0 Å². The second kappa shape index (κ2) is 7.14. The molecule has 0 bridgehead atoms. The SMILES string of the molecule is COc1ccc(OC(C)C(=O)NC(C)(C)CCO)cc1. The zero-order chi connectivity index (χ0) is 15.2. The second-order valence-corrected chi connectivity index (χ2v) is 5.28. The molecule has 5 nitrogen and oxygen atoms in total. The number of aliphatic hydroxyl groups excluding tert-OH is 1. The van der Waals surface area contributed by atoms with E-state index in [1.54, 1.807) is 38.3 Å². The molecule has 0 saturated carbocycles. The van der Waals surface area contributed by atoms with Gasteiger partial charge < -0.3 is 19.9 Å². The summed E-state index contributed by atoms with van der Waals surface area (Å²) < 4.78 is 10.6. The number of carbonyl (C=O) groups is 1. The summed E-state index contributed by atoms with van der Waals surface area (Å²) in [5, 5.41) is 11.8. The average Bonchev–Trinajstić information content (AvgIpc) is 2.38. The van der Waals surface area contributed by atoms with Crippen LogP contribution in [0.5, 0.6) is 11.5 Å². The van der Waals surface area contributed by atoms with Crippen LogP contribution >= 0.6 is 0 Å². The van der Waals surface area contributed by atoms with E-state index < -0.39 is 11.6 Å². The zero-order valence-electron chi connectivity index (χ0n) is 12.5. The normalized spacial score (nSPS) is 12.7. The van der Waals surface area contributed by atoms with E-state index in [9.17, 15) is 4.79 Å². The van der Waals surface area contributed by atoms with Crippen molar-refractivity contribution in [1.82, 2.24) is 5.32 Å². The van der Waals surface area contributed by atoms with Crippen LogP contribution in [0.4, 0.5) is 0 Å². The molecule has 0 fully saturated rings. The first kappa shape index (κ1) is 16.3. The summed E-state index contributed by atoms with van der Waals surface area (Å²) in [6, 6.07) is 7.05. The quantitative estimate of drug-likeness (QED) is 0.799. The van der Waals surface area contributed by atoms with Gasteiger partial charge in [0.25, 0.3) is 5.91 Å². The molecule has 0 aliphatic heterocycles. The number of hydrogen-bond acceptors (Lipinski definition) is 4. The number of methoxy groups -OCH3 is 1. The van der Waals surface area contributed by atoms with E-state index in [0.717, 1.165) is 5.75 Å². The van der Waals surface area contributed by atoms with Crippen molar-refractivity contribution in [1.29, 1.82) is 0 Å². The Labute approximate surface area is 119 Å². The van der Waals surface area contributed by atoms with Crippen molar-refractivity contribution in [2.75, 3.05) is 13.7 Å². The Morgan fingerprint density at radius 2 is 1.85 bits per heavy atom. The van der Waals surface area contributed by atoms with Gasteiger partial charge in [0, 0.05) is 12.1 Å². The van der Waals surface area contributed by atoms with Crippen LogP contribution in [0.3, 0.4) is 0 Å². The Bertz CT molecular complexity index is 428. The molecule has 0 heterocycles. The van der Waals surface area contributed by atoms with Crippen LogP contribution in [0.15, 0.2) is 24.3 Å². The Morgan fingerprint density at radius 1 is 1.30 bits per heavy atom. The van der Waals surface area contributed by atoms with Gasteiger partial charge in [0.1, 0.15) is 11.5 Å². The van der Waals surface area contributed by atoms with Crippen LogP contribution in [0.25, 0.3) is 0 Å². The lowest BCUT2D eigenvalue weighted by Crippen LogP contribution is -2.49. The van der Waals surface area contributed by atoms with Crippen molar-refractivity contribution in [2.24, 2.45) is 0 Å². The molecule has 1 aromatic carbocycles. The highest BCUT2D eigenvalue weighted by molar-refractivity contribution is 5.81. The van der Waals surface area contributed by atoms with Crippen LogP contribution in [0.1, 0.15) is 27.2 Å². The largest absolute Gasteiger partial charge is 0.497 e. The third-order valence-corrected chi connectivity index (χ3v) is 2.94. The van der Waals surface area contributed by atoms with Crippen LogP contribution in [0.2, 0.25) is 0 Å². The van der Waals surface area contributed by atoms with Crippen molar-refractivity contribution in [3.63, 3.8) is 0 Å². The lowest BCUT2D eigenvalue weighted by Gasteiger charge is -2.27. The smallest absolute Gasteiger partial charge is 0.261 e. The molecule has 0 spiro atoms. The highest BCUT2D eigenvalue weighted by atomic mass is 16.5. The van der Waals surface area contributed by atoms with Crippen LogP contribution in [-0.4, -0.2) is 36.4 Å². The van der Waals surface area contributed by atoms with Crippen molar-refractivity contribution in [3.8, 4) is 11.5 Å². The fourth-order valence-corrected chi connectivity index (χ4v) is 1.69. The Kier molecular flexibility index (Phi) is 5.82. The predicted octanol–water partition coefficient (Wildman–Crippen LogP) is 1.74. The van der Waals surface area contributed by atoms with E-state index in [1.807, 2.05) is 13.8 Å². The minimum absolute atomic E-state index is 0.0288. The number of hydrogen-bond donors (Lipinski definition) is 2. The number of aliphatic hydroxyl groups is 1. The lowest BCUT2D eigenvalue weighted by molar-refractivity contribution is -0.129. The number of carbonyl (C=O) groups excluding carboxylic acids is 1. The molecule has 5 heteroatoms. The third-order valence-electron chi connectivity index (χ3n) is 2.94. The molecule has 1 unspecified atom stereocenters. The molecule has 1 rings (SSSR count). The van der Waals surface area contributed by atoms with E-state index in [4.69, 9.17) is 14.6 Å². The van der Waals surface area contributed by atoms with E-state index in [-0.39, 0.29) is 12.5 Å². The van der Waals surface area contributed by atoms with Gasteiger partial charge in [0.05, 0.1) is 7.11 Å². The van der Waals surface area contributed by atoms with Crippen LogP contribution in [-0.2, 0) is 4.79 Å². The maximum atomic E-state index is 12.0. The summed E-state index contributed by atoms with van der Waals surface area (Å²) in [6.07, 6.45) is -0.116. The fraction of sp³-hybridized carbons (Fsp3) is 0.533. The molecule has 0 aliphatic carbocycles. The van der Waals surface area contributed by atoms with Gasteiger partial charge in [-0.2, -0.15) is 0 Å². The molecule has 112 valence electrons. The molecule has 0 aliphatic rings. The molecule has 0 aromatic heterocycles. The standard InChI is InChI=1S/C15H23NO4/c1-11(14(18)16-15(2,3)9-10-17)20-13-7-5-12(19-4)6-8-13/h5-8,11,17H,9-10H2,1-4H3,(H,16,18). The molecule has 0 radical (unpaired) electrons. The summed E-state index contributed by atoms with van der Waals surface area (Å²) >= 11 is 0. The molecule has 2 N–H and O–H groups in total. The van der Waals surface area contributed by atoms with Crippen molar-refractivity contribution in [2.45, 2.75) is 38.8 Å². The monoisotopic (exact) mass is 281 g/mol. The molecular formula is C15H23NO4. The summed E-state index contributed by atoms with van der Waals surface area (Å²) in [6.45, 7) is 5.44. The lowest BCUT2D eigenvalue weighted by atomic mass is 10.0. The number of nitrogens with one attached hydrogen (secondary N) is 1. The Hall–Kier alpha value is -1.75. The fourth-order valence-electron chi connectivity index (χ4n) is 1.69. The summed E-state index contributed by atoms with van der Waals surface area (Å²) in [5.41, 5.74) is -0.455. The number of rotatable bonds is 7. The maximum Gasteiger partial charge on any atom is 0.261 e. The molecule has 20 heavy (non-hydrogen) atoms. The van der Waals surface area contributed by atoms with Gasteiger partial charge in [-0.25, -0.2) is 0 Å². The second-order valence-electron chi connectivity index (χ2n) is 5.28. The molecule has 1 aromatic rings. The molecule has 0 saturated heterocycles. The first-order valence-electron chi connectivity index (χ1n) is 6.61. The summed E-state index contributed by atoms with van der Waals surface area (Å²) in [5.74, 6) is 1.13. The van der Waals surface area contributed by atoms with Gasteiger partial charge in [0.2, 0.25) is 0 Å². The van der Waals surface area contributed by atoms with E-state index in [1.165, 1.54) is 0 Å². The third kappa shape index (κ3) is 5.09. The minimum Gasteiger partial charge on any atom is -0.497 e. The van der Waals surface area contributed by atoms with Crippen LogP contribution in [0, 0.1) is 0 Å². The Balaban J connectivity index is 2.56. The van der Waals surface area contributed by atoms with Gasteiger partial charge in [-0.05, 0) is 51.5 Å². The number of benzene rings is 1. The highest BCUT2D eigenvalue weighted by Crippen LogP contribution is 2.18. The van der Waals surface area contributed by atoms with Crippen molar-refractivity contribution < 1.29 is 19.4 Å². The predicted molar refractivity (Wildman–Crippen MR) is 77.0 cm³/mol. The summed E-state index contributed by atoms with van der Waals surface area (Å²) in [7, 11) is 1.59. The first-order valence-corrected chi connectivity index (χ1v) is 6.61. The minimum atomic E-state index is -0.610. The average molecular weight is 281 g/mol. The van der Waals surface area contributed by atoms with Gasteiger partial charge in [-0.3, -0.25) is 4.79 Å². The van der Waals surface area contributed by atoms with Gasteiger partial charge >= 0.3 is 0 Å². The highest BCUT2D eigenvalue weighted by Gasteiger charge is 2.24. The van der Waals surface area contributed by atoms with Gasteiger partial charge in [0.15, 0.2) is 6.10 Å². The topological polar surface area (TPSA) is 67.8 Å². The summed E-state index contributed by atoms with van der Waals surface area (Å²) in [4.78, 5) is 12.0. The van der Waals surface area contributed by atoms with Gasteiger partial charge in [-0.1, -0.05) is 0 Å². The molecular weight excluding hydrogens is 258 g/mol. The number of amides is 1. The Morgan fingerprint density at radius 3 is 2.35 bits per heavy atom. The van der Waals surface area contributed by atoms with Crippen molar-refractivity contribution in [3.05, 3.63) is 24.3 Å². The molecule has 1 atom stereocenters. The first-order chi connectivity index (χ1) is 9.38.